The summed E-state index contributed by atoms with van der Waals surface area (Å²) in [5.41, 5.74) is 3.67. The first-order valence-electron chi connectivity index (χ1n) is 10.2. The SMILES string of the molecule is COc1cc(CN2CCC3(CCNCC3)C2)ccc1OCc1c(C)noc1C.Cl. The van der Waals surface area contributed by atoms with Gasteiger partial charge in [-0.2, -0.15) is 0 Å². The van der Waals surface area contributed by atoms with Crippen molar-refractivity contribution < 1.29 is 14.0 Å². The van der Waals surface area contributed by atoms with Crippen molar-refractivity contribution in [3.05, 3.63) is 40.8 Å². The maximum Gasteiger partial charge on any atom is 0.161 e. The van der Waals surface area contributed by atoms with Gasteiger partial charge in [0.2, 0.25) is 0 Å². The van der Waals surface area contributed by atoms with Crippen molar-refractivity contribution in [2.45, 2.75) is 46.3 Å². The van der Waals surface area contributed by atoms with Crippen molar-refractivity contribution in [2.75, 3.05) is 33.3 Å². The van der Waals surface area contributed by atoms with Gasteiger partial charge < -0.3 is 19.3 Å². The number of nitrogens with zero attached hydrogens (tertiary/aromatic N) is 2. The van der Waals surface area contributed by atoms with Crippen molar-refractivity contribution in [3.63, 3.8) is 0 Å². The molecule has 0 amide bonds. The number of aryl methyl sites for hydroxylation is 2. The molecule has 2 aromatic rings. The number of rotatable bonds is 6. The van der Waals surface area contributed by atoms with Crippen LogP contribution >= 0.6 is 12.4 Å². The van der Waals surface area contributed by atoms with E-state index in [9.17, 15) is 0 Å². The molecule has 2 fully saturated rings. The number of likely N-dealkylation sites (tertiary alicyclic amines) is 1. The Labute approximate surface area is 179 Å². The maximum absolute atomic E-state index is 6.00. The summed E-state index contributed by atoms with van der Waals surface area (Å²) in [7, 11) is 1.70. The zero-order chi connectivity index (χ0) is 19.6. The molecule has 0 saturated carbocycles. The third kappa shape index (κ3) is 4.87. The first-order valence-corrected chi connectivity index (χ1v) is 10.2. The van der Waals surface area contributed by atoms with Crippen LogP contribution in [0.2, 0.25) is 0 Å². The summed E-state index contributed by atoms with van der Waals surface area (Å²) < 4.78 is 16.8. The monoisotopic (exact) mass is 421 g/mol. The Hall–Kier alpha value is -1.76. The van der Waals surface area contributed by atoms with E-state index in [1.165, 1.54) is 51.0 Å². The smallest absolute Gasteiger partial charge is 0.161 e. The lowest BCUT2D eigenvalue weighted by atomic mass is 9.78. The molecule has 0 aliphatic carbocycles. The first kappa shape index (κ1) is 21.9. The molecule has 160 valence electrons. The molecule has 2 aliphatic rings. The van der Waals surface area contributed by atoms with Gasteiger partial charge in [-0.15, -0.1) is 12.4 Å². The second-order valence-corrected chi connectivity index (χ2v) is 8.29. The summed E-state index contributed by atoms with van der Waals surface area (Å²) >= 11 is 0. The van der Waals surface area contributed by atoms with E-state index in [0.717, 1.165) is 35.1 Å². The minimum absolute atomic E-state index is 0. The number of benzene rings is 1. The lowest BCUT2D eigenvalue weighted by Crippen LogP contribution is -2.38. The highest BCUT2D eigenvalue weighted by Gasteiger charge is 2.38. The van der Waals surface area contributed by atoms with Crippen LogP contribution < -0.4 is 14.8 Å². The number of hydrogen-bond donors (Lipinski definition) is 1. The van der Waals surface area contributed by atoms with Crippen LogP contribution in [0.3, 0.4) is 0 Å². The highest BCUT2D eigenvalue weighted by molar-refractivity contribution is 5.85. The van der Waals surface area contributed by atoms with Gasteiger partial charge in [-0.05, 0) is 75.9 Å². The van der Waals surface area contributed by atoms with Gasteiger partial charge in [-0.1, -0.05) is 11.2 Å². The molecule has 1 aromatic carbocycles. The van der Waals surface area contributed by atoms with Gasteiger partial charge in [0.05, 0.1) is 18.4 Å². The molecule has 4 rings (SSSR count). The molecule has 3 heterocycles. The molecular weight excluding hydrogens is 390 g/mol. The normalized spacial score (nSPS) is 18.6. The summed E-state index contributed by atoms with van der Waals surface area (Å²) in [6.45, 7) is 9.96. The topological polar surface area (TPSA) is 59.8 Å². The van der Waals surface area contributed by atoms with Crippen molar-refractivity contribution in [2.24, 2.45) is 5.41 Å². The van der Waals surface area contributed by atoms with Crippen LogP contribution in [0.25, 0.3) is 0 Å². The summed E-state index contributed by atoms with van der Waals surface area (Å²) in [6.07, 6.45) is 3.94. The average Bonchev–Trinajstić information content (AvgIpc) is 3.24. The summed E-state index contributed by atoms with van der Waals surface area (Å²) in [6, 6.07) is 6.28. The highest BCUT2D eigenvalue weighted by atomic mass is 35.5. The number of piperidine rings is 1. The largest absolute Gasteiger partial charge is 0.493 e. The lowest BCUT2D eigenvalue weighted by Gasteiger charge is -2.34. The summed E-state index contributed by atoms with van der Waals surface area (Å²) in [5.74, 6) is 2.33. The standard InChI is InChI=1S/C22H31N3O3.ClH/c1-16-19(17(2)28-24-16)14-27-20-5-4-18(12-21(20)26-3)13-25-11-8-22(15-25)6-9-23-10-7-22;/h4-5,12,23H,6-11,13-15H2,1-3H3;1H. The number of ether oxygens (including phenoxy) is 2. The van der Waals surface area contributed by atoms with Gasteiger partial charge in [0.15, 0.2) is 11.5 Å². The average molecular weight is 422 g/mol. The van der Waals surface area contributed by atoms with Crippen LogP contribution in [-0.2, 0) is 13.2 Å². The van der Waals surface area contributed by atoms with E-state index >= 15 is 0 Å². The fourth-order valence-corrected chi connectivity index (χ4v) is 4.57. The Morgan fingerprint density at radius 3 is 2.66 bits per heavy atom. The number of nitrogens with one attached hydrogen (secondary N) is 1. The molecule has 0 radical (unpaired) electrons. The third-order valence-electron chi connectivity index (χ3n) is 6.37. The molecule has 6 nitrogen and oxygen atoms in total. The molecule has 7 heteroatoms. The number of hydrogen-bond acceptors (Lipinski definition) is 6. The van der Waals surface area contributed by atoms with E-state index in [0.29, 0.717) is 12.0 Å². The van der Waals surface area contributed by atoms with Crippen molar-refractivity contribution >= 4 is 12.4 Å². The van der Waals surface area contributed by atoms with Gasteiger partial charge in [0.1, 0.15) is 12.4 Å². The number of halogens is 1. The second kappa shape index (κ2) is 9.37. The molecule has 0 unspecified atom stereocenters. The van der Waals surface area contributed by atoms with Gasteiger partial charge in [-0.3, -0.25) is 4.90 Å². The highest BCUT2D eigenvalue weighted by Crippen LogP contribution is 2.39. The predicted octanol–water partition coefficient (Wildman–Crippen LogP) is 3.88. The summed E-state index contributed by atoms with van der Waals surface area (Å²) in [5, 5.41) is 7.47. The molecule has 2 saturated heterocycles. The van der Waals surface area contributed by atoms with Crippen molar-refractivity contribution in [3.8, 4) is 11.5 Å². The van der Waals surface area contributed by atoms with E-state index in [1.807, 2.05) is 19.9 Å². The fourth-order valence-electron chi connectivity index (χ4n) is 4.57. The van der Waals surface area contributed by atoms with E-state index in [4.69, 9.17) is 14.0 Å². The van der Waals surface area contributed by atoms with Crippen LogP contribution in [0.1, 0.15) is 41.8 Å². The van der Waals surface area contributed by atoms with Crippen LogP contribution in [0.4, 0.5) is 0 Å². The Kier molecular flexibility index (Phi) is 7.09. The van der Waals surface area contributed by atoms with E-state index in [-0.39, 0.29) is 12.4 Å². The summed E-state index contributed by atoms with van der Waals surface area (Å²) in [4.78, 5) is 2.59. The zero-order valence-corrected chi connectivity index (χ0v) is 18.4. The van der Waals surface area contributed by atoms with Crippen LogP contribution in [0.15, 0.2) is 22.7 Å². The van der Waals surface area contributed by atoms with Crippen LogP contribution in [0, 0.1) is 19.3 Å². The van der Waals surface area contributed by atoms with Crippen LogP contribution in [-0.4, -0.2) is 43.3 Å². The van der Waals surface area contributed by atoms with E-state index in [2.05, 4.69) is 27.5 Å². The van der Waals surface area contributed by atoms with Gasteiger partial charge >= 0.3 is 0 Å². The third-order valence-corrected chi connectivity index (χ3v) is 6.37. The fraction of sp³-hybridized carbons (Fsp3) is 0.591. The molecule has 1 N–H and O–H groups in total. The second-order valence-electron chi connectivity index (χ2n) is 8.29. The van der Waals surface area contributed by atoms with E-state index < -0.39 is 0 Å². The zero-order valence-electron chi connectivity index (χ0n) is 17.6. The lowest BCUT2D eigenvalue weighted by molar-refractivity contribution is 0.194. The molecular formula is C22H32ClN3O3. The maximum atomic E-state index is 6.00. The van der Waals surface area contributed by atoms with Crippen molar-refractivity contribution in [1.29, 1.82) is 0 Å². The predicted molar refractivity (Wildman–Crippen MR) is 115 cm³/mol. The van der Waals surface area contributed by atoms with Gasteiger partial charge in [-0.25, -0.2) is 0 Å². The quantitative estimate of drug-likeness (QED) is 0.763. The molecule has 1 spiro atoms. The minimum Gasteiger partial charge on any atom is -0.493 e. The van der Waals surface area contributed by atoms with Gasteiger partial charge in [0.25, 0.3) is 0 Å². The molecule has 2 aliphatic heterocycles. The Morgan fingerprint density at radius 1 is 1.17 bits per heavy atom. The number of aromatic nitrogens is 1. The molecule has 29 heavy (non-hydrogen) atoms. The van der Waals surface area contributed by atoms with Gasteiger partial charge in [0, 0.05) is 13.1 Å². The minimum atomic E-state index is 0. The number of methoxy groups -OCH3 is 1. The molecule has 1 aromatic heterocycles. The Balaban J connectivity index is 0.00000240. The molecule has 0 atom stereocenters. The first-order chi connectivity index (χ1) is 13.6. The van der Waals surface area contributed by atoms with Crippen molar-refractivity contribution in [1.82, 2.24) is 15.4 Å². The Morgan fingerprint density at radius 2 is 1.97 bits per heavy atom. The van der Waals surface area contributed by atoms with E-state index in [1.54, 1.807) is 7.11 Å². The Bertz CT molecular complexity index is 798. The van der Waals surface area contributed by atoms with Crippen LogP contribution in [0.5, 0.6) is 11.5 Å². The molecule has 0 bridgehead atoms.